The summed E-state index contributed by atoms with van der Waals surface area (Å²) in [4.78, 5) is 14.0. The summed E-state index contributed by atoms with van der Waals surface area (Å²) in [6.07, 6.45) is 2.42. The van der Waals surface area contributed by atoms with Gasteiger partial charge in [0, 0.05) is 38.3 Å². The molecule has 0 atom stereocenters. The monoisotopic (exact) mass is 401 g/mol. The van der Waals surface area contributed by atoms with E-state index >= 15 is 0 Å². The van der Waals surface area contributed by atoms with Crippen LogP contribution in [0.1, 0.15) is 30.1 Å². The van der Waals surface area contributed by atoms with Gasteiger partial charge in [0.15, 0.2) is 5.78 Å². The Balaban J connectivity index is 0.00000243. The molecule has 2 aliphatic heterocycles. The molecule has 1 N–H and O–H groups in total. The highest BCUT2D eigenvalue weighted by Crippen LogP contribution is 2.20. The van der Waals surface area contributed by atoms with E-state index in [1.807, 2.05) is 0 Å². The van der Waals surface area contributed by atoms with Crippen molar-refractivity contribution in [2.24, 2.45) is 5.92 Å². The molecule has 8 heteroatoms. The van der Waals surface area contributed by atoms with Gasteiger partial charge in [0.05, 0.1) is 4.90 Å². The second-order valence-electron chi connectivity index (χ2n) is 6.98. The topological polar surface area (TPSA) is 69.7 Å². The van der Waals surface area contributed by atoms with Gasteiger partial charge < -0.3 is 10.2 Å². The van der Waals surface area contributed by atoms with E-state index in [2.05, 4.69) is 10.2 Å². The first-order valence-electron chi connectivity index (χ1n) is 9.01. The lowest BCUT2D eigenvalue weighted by atomic mass is 9.97. The predicted molar refractivity (Wildman–Crippen MR) is 104 cm³/mol. The Morgan fingerprint density at radius 2 is 1.65 bits per heavy atom. The third-order valence-electron chi connectivity index (χ3n) is 5.21. The molecule has 0 amide bonds. The summed E-state index contributed by atoms with van der Waals surface area (Å²) < 4.78 is 27.1. The van der Waals surface area contributed by atoms with Crippen LogP contribution in [-0.4, -0.2) is 69.2 Å². The van der Waals surface area contributed by atoms with Crippen LogP contribution in [-0.2, 0) is 10.0 Å². The van der Waals surface area contributed by atoms with Gasteiger partial charge in [-0.3, -0.25) is 4.79 Å². The van der Waals surface area contributed by atoms with E-state index in [9.17, 15) is 13.2 Å². The Morgan fingerprint density at radius 3 is 2.19 bits per heavy atom. The van der Waals surface area contributed by atoms with E-state index in [4.69, 9.17) is 0 Å². The summed E-state index contributed by atoms with van der Waals surface area (Å²) in [5.41, 5.74) is 0.533. The summed E-state index contributed by atoms with van der Waals surface area (Å²) >= 11 is 0. The molecule has 2 heterocycles. The average molecular weight is 402 g/mol. The van der Waals surface area contributed by atoms with Gasteiger partial charge in [-0.2, -0.15) is 4.31 Å². The first-order valence-corrected chi connectivity index (χ1v) is 10.4. The van der Waals surface area contributed by atoms with E-state index < -0.39 is 10.0 Å². The molecule has 1 aromatic rings. The highest BCUT2D eigenvalue weighted by atomic mass is 35.5. The van der Waals surface area contributed by atoms with Crippen LogP contribution in [0.25, 0.3) is 0 Å². The lowest BCUT2D eigenvalue weighted by Gasteiger charge is -2.36. The fourth-order valence-corrected chi connectivity index (χ4v) is 5.01. The van der Waals surface area contributed by atoms with Crippen LogP contribution >= 0.6 is 12.4 Å². The molecule has 0 spiro atoms. The zero-order chi connectivity index (χ0) is 17.9. The lowest BCUT2D eigenvalue weighted by molar-refractivity contribution is 0.101. The van der Waals surface area contributed by atoms with Gasteiger partial charge in [-0.15, -0.1) is 12.4 Å². The van der Waals surface area contributed by atoms with Crippen molar-refractivity contribution in [1.29, 1.82) is 0 Å². The van der Waals surface area contributed by atoms with E-state index in [1.165, 1.54) is 31.9 Å². The number of nitrogens with zero attached hydrogens (tertiary/aromatic N) is 2. The Bertz CT molecular complexity index is 695. The number of sulfonamides is 1. The second kappa shape index (κ2) is 9.28. The SMILES string of the molecule is CC(=O)c1ccc(S(=O)(=O)N2CCN(CC3CCNCC3)CC2)cc1.Cl. The fraction of sp³-hybridized carbons (Fsp3) is 0.611. The number of carbonyl (C=O) groups is 1. The first kappa shape index (κ1) is 21.3. The van der Waals surface area contributed by atoms with Crippen LogP contribution in [0.15, 0.2) is 29.2 Å². The Kier molecular flexibility index (Phi) is 7.61. The number of Topliss-reactive ketones (excluding diaryl/α,β-unsaturated/α-hetero) is 1. The highest BCUT2D eigenvalue weighted by Gasteiger charge is 2.29. The molecule has 2 saturated heterocycles. The summed E-state index contributed by atoms with van der Waals surface area (Å²) in [6, 6.07) is 6.24. The second-order valence-corrected chi connectivity index (χ2v) is 8.92. The van der Waals surface area contributed by atoms with Crippen LogP contribution < -0.4 is 5.32 Å². The number of hydrogen-bond acceptors (Lipinski definition) is 5. The molecule has 6 nitrogen and oxygen atoms in total. The smallest absolute Gasteiger partial charge is 0.243 e. The third-order valence-corrected chi connectivity index (χ3v) is 7.12. The zero-order valence-corrected chi connectivity index (χ0v) is 16.8. The average Bonchev–Trinajstić information content (AvgIpc) is 2.63. The number of piperidine rings is 1. The molecule has 0 radical (unpaired) electrons. The van der Waals surface area contributed by atoms with E-state index in [-0.39, 0.29) is 23.1 Å². The highest BCUT2D eigenvalue weighted by molar-refractivity contribution is 7.89. The maximum atomic E-state index is 12.8. The zero-order valence-electron chi connectivity index (χ0n) is 15.2. The fourth-order valence-electron chi connectivity index (χ4n) is 3.59. The number of benzene rings is 1. The van der Waals surface area contributed by atoms with Crippen LogP contribution in [0.5, 0.6) is 0 Å². The van der Waals surface area contributed by atoms with E-state index in [0.29, 0.717) is 18.7 Å². The minimum absolute atomic E-state index is 0. The Labute approximate surface area is 162 Å². The standard InChI is InChI=1S/C18H27N3O3S.ClH/c1-15(22)17-2-4-18(5-3-17)25(23,24)21-12-10-20(11-13-21)14-16-6-8-19-9-7-16;/h2-5,16,19H,6-14H2,1H3;1H. The van der Waals surface area contributed by atoms with Gasteiger partial charge in [0.1, 0.15) is 0 Å². The molecule has 26 heavy (non-hydrogen) atoms. The van der Waals surface area contributed by atoms with Crippen molar-refractivity contribution >= 4 is 28.2 Å². The molecule has 2 aliphatic rings. The molecule has 0 aliphatic carbocycles. The van der Waals surface area contributed by atoms with Gasteiger partial charge >= 0.3 is 0 Å². The van der Waals surface area contributed by atoms with Crippen LogP contribution in [0.2, 0.25) is 0 Å². The Morgan fingerprint density at radius 1 is 1.08 bits per heavy atom. The van der Waals surface area contributed by atoms with Crippen LogP contribution in [0.4, 0.5) is 0 Å². The van der Waals surface area contributed by atoms with Crippen molar-refractivity contribution in [3.8, 4) is 0 Å². The van der Waals surface area contributed by atoms with Crippen molar-refractivity contribution < 1.29 is 13.2 Å². The molecule has 0 saturated carbocycles. The number of hydrogen-bond donors (Lipinski definition) is 1. The normalized spacial score (nSPS) is 20.5. The summed E-state index contributed by atoms with van der Waals surface area (Å²) in [5, 5.41) is 3.38. The largest absolute Gasteiger partial charge is 0.317 e. The van der Waals surface area contributed by atoms with E-state index in [0.717, 1.165) is 38.6 Å². The molecule has 1 aromatic carbocycles. The number of ketones is 1. The van der Waals surface area contributed by atoms with Gasteiger partial charge in [0.25, 0.3) is 0 Å². The van der Waals surface area contributed by atoms with Crippen LogP contribution in [0.3, 0.4) is 0 Å². The summed E-state index contributed by atoms with van der Waals surface area (Å²) in [7, 11) is -3.48. The van der Waals surface area contributed by atoms with E-state index in [1.54, 1.807) is 16.4 Å². The molecule has 2 fully saturated rings. The molecule has 0 bridgehead atoms. The maximum Gasteiger partial charge on any atom is 0.243 e. The van der Waals surface area contributed by atoms with Crippen LogP contribution in [0, 0.1) is 5.92 Å². The number of rotatable bonds is 5. The number of piperazine rings is 1. The van der Waals surface area contributed by atoms with Crippen molar-refractivity contribution in [2.75, 3.05) is 45.8 Å². The summed E-state index contributed by atoms with van der Waals surface area (Å²) in [5.74, 6) is 0.666. The van der Waals surface area contributed by atoms with Crippen molar-refractivity contribution in [3.63, 3.8) is 0 Å². The Hall–Kier alpha value is -0.990. The molecule has 146 valence electrons. The molecule has 0 aromatic heterocycles. The maximum absolute atomic E-state index is 12.8. The van der Waals surface area contributed by atoms with Crippen molar-refractivity contribution in [3.05, 3.63) is 29.8 Å². The molecule has 3 rings (SSSR count). The molecular weight excluding hydrogens is 374 g/mol. The predicted octanol–water partition coefficient (Wildman–Crippen LogP) is 1.62. The van der Waals surface area contributed by atoms with Crippen molar-refractivity contribution in [2.45, 2.75) is 24.7 Å². The minimum Gasteiger partial charge on any atom is -0.317 e. The number of nitrogens with one attached hydrogen (secondary N) is 1. The first-order chi connectivity index (χ1) is 12.0. The number of halogens is 1. The minimum atomic E-state index is -3.48. The number of carbonyl (C=O) groups excluding carboxylic acids is 1. The summed E-state index contributed by atoms with van der Waals surface area (Å²) in [6.45, 7) is 7.37. The van der Waals surface area contributed by atoms with Crippen molar-refractivity contribution in [1.82, 2.24) is 14.5 Å². The lowest BCUT2D eigenvalue weighted by Crippen LogP contribution is -2.50. The molecular formula is C18H28ClN3O3S. The van der Waals surface area contributed by atoms with Gasteiger partial charge in [-0.05, 0) is 50.9 Å². The van der Waals surface area contributed by atoms with Gasteiger partial charge in [-0.1, -0.05) is 12.1 Å². The van der Waals surface area contributed by atoms with Gasteiger partial charge in [0.2, 0.25) is 10.0 Å². The molecule has 0 unspecified atom stereocenters. The van der Waals surface area contributed by atoms with Gasteiger partial charge in [-0.25, -0.2) is 8.42 Å². The third kappa shape index (κ3) is 5.04. The quantitative estimate of drug-likeness (QED) is 0.759.